The summed E-state index contributed by atoms with van der Waals surface area (Å²) < 4.78 is 58.9. The molecule has 0 unspecified atom stereocenters. The molecule has 1 fully saturated rings. The Morgan fingerprint density at radius 2 is 1.83 bits per heavy atom. The van der Waals surface area contributed by atoms with Gasteiger partial charge in [-0.3, -0.25) is 9.97 Å². The second-order valence-electron chi connectivity index (χ2n) is 8.16. The van der Waals surface area contributed by atoms with Gasteiger partial charge in [-0.05, 0) is 54.8 Å². The van der Waals surface area contributed by atoms with E-state index in [1.54, 1.807) is 18.5 Å². The molecule has 1 aliphatic rings. The van der Waals surface area contributed by atoms with Crippen LogP contribution in [0.25, 0.3) is 27.9 Å². The van der Waals surface area contributed by atoms with Crippen LogP contribution in [-0.4, -0.2) is 35.9 Å². The number of hydrogen-bond donors (Lipinski definition) is 0. The van der Waals surface area contributed by atoms with E-state index in [1.807, 2.05) is 0 Å². The molecular formula is C23H14ClF4N7. The second kappa shape index (κ2) is 7.84. The summed E-state index contributed by atoms with van der Waals surface area (Å²) >= 11 is 6.06. The summed E-state index contributed by atoms with van der Waals surface area (Å²) in [6.45, 7) is 0. The molecule has 0 amide bonds. The first-order chi connectivity index (χ1) is 16.8. The first kappa shape index (κ1) is 21.7. The van der Waals surface area contributed by atoms with Crippen molar-refractivity contribution in [3.63, 3.8) is 0 Å². The van der Waals surface area contributed by atoms with Gasteiger partial charge >= 0.3 is 6.30 Å². The fourth-order valence-electron chi connectivity index (χ4n) is 4.02. The number of alkyl halides is 3. The summed E-state index contributed by atoms with van der Waals surface area (Å²) in [6, 6.07) is 9.14. The van der Waals surface area contributed by atoms with Gasteiger partial charge in [0.2, 0.25) is 5.28 Å². The van der Waals surface area contributed by atoms with Crippen LogP contribution < -0.4 is 4.90 Å². The molecule has 176 valence electrons. The molecular weight excluding hydrogens is 486 g/mol. The van der Waals surface area contributed by atoms with Gasteiger partial charge in [-0.25, -0.2) is 13.7 Å². The van der Waals surface area contributed by atoms with E-state index in [0.717, 1.165) is 30.7 Å². The van der Waals surface area contributed by atoms with Crippen molar-refractivity contribution in [3.8, 4) is 11.3 Å². The molecule has 35 heavy (non-hydrogen) atoms. The summed E-state index contributed by atoms with van der Waals surface area (Å²) in [6.07, 6.45) is 0.426. The monoisotopic (exact) mass is 499 g/mol. The number of anilines is 2. The van der Waals surface area contributed by atoms with E-state index in [9.17, 15) is 17.6 Å². The minimum Gasteiger partial charge on any atom is -0.257 e. The molecule has 1 saturated carbocycles. The van der Waals surface area contributed by atoms with Crippen LogP contribution in [0.1, 0.15) is 24.5 Å². The highest BCUT2D eigenvalue weighted by molar-refractivity contribution is 6.29. The van der Waals surface area contributed by atoms with Crippen molar-refractivity contribution in [3.05, 3.63) is 71.7 Å². The number of halogens is 5. The van der Waals surface area contributed by atoms with Gasteiger partial charge in [-0.15, -0.1) is 23.4 Å². The lowest BCUT2D eigenvalue weighted by Gasteiger charge is -2.27. The van der Waals surface area contributed by atoms with Gasteiger partial charge in [0, 0.05) is 23.1 Å². The quantitative estimate of drug-likeness (QED) is 0.221. The first-order valence-corrected chi connectivity index (χ1v) is 11.0. The SMILES string of the molecule is Fc1ccc2c(c1)c(N(c1cccc(-c3cnc(C4CC4)cn3)c1)C(F)(F)F)nc1nnc(Cl)n12. The number of fused-ring (bicyclic) bond motifs is 3. The molecule has 12 heteroatoms. The van der Waals surface area contributed by atoms with E-state index < -0.39 is 17.9 Å². The Labute approximate surface area is 200 Å². The minimum atomic E-state index is -4.91. The lowest BCUT2D eigenvalue weighted by Crippen LogP contribution is -2.34. The maximum atomic E-state index is 14.5. The third-order valence-electron chi connectivity index (χ3n) is 5.79. The zero-order chi connectivity index (χ0) is 24.3. The van der Waals surface area contributed by atoms with E-state index >= 15 is 0 Å². The average Bonchev–Trinajstić information content (AvgIpc) is 3.62. The Morgan fingerprint density at radius 3 is 2.54 bits per heavy atom. The number of benzene rings is 2. The van der Waals surface area contributed by atoms with Gasteiger partial charge in [0.25, 0.3) is 5.78 Å². The van der Waals surface area contributed by atoms with Gasteiger partial charge in [0.15, 0.2) is 5.82 Å². The summed E-state index contributed by atoms with van der Waals surface area (Å²) in [5.74, 6) is -1.04. The van der Waals surface area contributed by atoms with E-state index in [4.69, 9.17) is 11.6 Å². The molecule has 0 aliphatic heterocycles. The Bertz CT molecular complexity index is 1580. The second-order valence-corrected chi connectivity index (χ2v) is 8.49. The Kier molecular flexibility index (Phi) is 4.85. The van der Waals surface area contributed by atoms with Gasteiger partial charge < -0.3 is 0 Å². The standard InChI is InChI=1S/C23H14ClF4N7/c24-21-32-33-22-31-20(16-9-14(25)6-7-19(16)34(21)22)35(23(26,27)28)15-3-1-2-13(8-15)18-11-29-17(10-30-18)12-4-5-12/h1-3,6-12H,4-5H2. The molecule has 0 radical (unpaired) electrons. The number of hydrogen-bond acceptors (Lipinski definition) is 6. The Hall–Kier alpha value is -3.86. The maximum absolute atomic E-state index is 14.5. The van der Waals surface area contributed by atoms with Crippen LogP contribution in [0.2, 0.25) is 5.28 Å². The van der Waals surface area contributed by atoms with Gasteiger partial charge in [0.1, 0.15) is 5.82 Å². The molecule has 3 aromatic heterocycles. The summed E-state index contributed by atoms with van der Waals surface area (Å²) in [7, 11) is 0. The third kappa shape index (κ3) is 3.81. The van der Waals surface area contributed by atoms with Crippen LogP contribution in [0.4, 0.5) is 29.1 Å². The lowest BCUT2D eigenvalue weighted by atomic mass is 10.1. The van der Waals surface area contributed by atoms with Gasteiger partial charge in [-0.2, -0.15) is 4.98 Å². The van der Waals surface area contributed by atoms with Crippen LogP contribution in [0.5, 0.6) is 0 Å². The molecule has 0 spiro atoms. The number of nitrogens with zero attached hydrogens (tertiary/aromatic N) is 7. The molecule has 7 nitrogen and oxygen atoms in total. The van der Waals surface area contributed by atoms with Crippen molar-refractivity contribution in [1.82, 2.24) is 29.5 Å². The molecule has 6 rings (SSSR count). The van der Waals surface area contributed by atoms with Crippen molar-refractivity contribution in [1.29, 1.82) is 0 Å². The molecule has 1 aliphatic carbocycles. The topological polar surface area (TPSA) is 72.1 Å². The summed E-state index contributed by atoms with van der Waals surface area (Å²) in [5, 5.41) is 7.23. The summed E-state index contributed by atoms with van der Waals surface area (Å²) in [4.78, 5) is 12.9. The van der Waals surface area contributed by atoms with E-state index in [2.05, 4.69) is 25.1 Å². The first-order valence-electron chi connectivity index (χ1n) is 10.6. The van der Waals surface area contributed by atoms with Crippen molar-refractivity contribution < 1.29 is 17.6 Å². The third-order valence-corrected chi connectivity index (χ3v) is 6.03. The highest BCUT2D eigenvalue weighted by Crippen LogP contribution is 2.41. The molecule has 5 aromatic rings. The van der Waals surface area contributed by atoms with Gasteiger partial charge in [-0.1, -0.05) is 12.1 Å². The highest BCUT2D eigenvalue weighted by Gasteiger charge is 2.41. The smallest absolute Gasteiger partial charge is 0.257 e. The predicted octanol–water partition coefficient (Wildman–Crippen LogP) is 6.06. The largest absolute Gasteiger partial charge is 0.490 e. The van der Waals surface area contributed by atoms with E-state index in [1.165, 1.54) is 28.7 Å². The Balaban J connectivity index is 1.53. The average molecular weight is 500 g/mol. The van der Waals surface area contributed by atoms with Crippen molar-refractivity contribution in [2.45, 2.75) is 25.1 Å². The van der Waals surface area contributed by atoms with Crippen LogP contribution >= 0.6 is 11.6 Å². The minimum absolute atomic E-state index is 0.0762. The van der Waals surface area contributed by atoms with Crippen LogP contribution in [0.15, 0.2) is 54.9 Å². The van der Waals surface area contributed by atoms with Crippen LogP contribution in [0.3, 0.4) is 0 Å². The maximum Gasteiger partial charge on any atom is 0.490 e. The normalized spacial score (nSPS) is 14.1. The fourth-order valence-corrected chi connectivity index (χ4v) is 4.22. The number of aromatic nitrogens is 6. The Morgan fingerprint density at radius 1 is 1.00 bits per heavy atom. The predicted molar refractivity (Wildman–Crippen MR) is 121 cm³/mol. The van der Waals surface area contributed by atoms with Crippen LogP contribution in [-0.2, 0) is 0 Å². The molecule has 2 aromatic carbocycles. The summed E-state index contributed by atoms with van der Waals surface area (Å²) in [5.41, 5.74) is 1.68. The van der Waals surface area contributed by atoms with Crippen molar-refractivity contribution in [2.75, 3.05) is 4.90 Å². The lowest BCUT2D eigenvalue weighted by molar-refractivity contribution is -0.121. The van der Waals surface area contributed by atoms with Crippen LogP contribution in [0, 0.1) is 5.82 Å². The van der Waals surface area contributed by atoms with Crippen molar-refractivity contribution in [2.24, 2.45) is 0 Å². The highest BCUT2D eigenvalue weighted by atomic mass is 35.5. The zero-order valence-electron chi connectivity index (χ0n) is 17.7. The zero-order valence-corrected chi connectivity index (χ0v) is 18.5. The van der Waals surface area contributed by atoms with Gasteiger partial charge in [0.05, 0.1) is 28.8 Å². The molecule has 0 atom stereocenters. The molecule has 0 saturated heterocycles. The van der Waals surface area contributed by atoms with E-state index in [0.29, 0.717) is 17.2 Å². The van der Waals surface area contributed by atoms with Crippen molar-refractivity contribution >= 4 is 39.8 Å². The molecule has 3 heterocycles. The fraction of sp³-hybridized carbons (Fsp3) is 0.174. The molecule has 0 bridgehead atoms. The molecule has 0 N–H and O–H groups in total. The van der Waals surface area contributed by atoms with E-state index in [-0.39, 0.29) is 32.6 Å². The number of rotatable bonds is 4.